The third-order valence-corrected chi connectivity index (χ3v) is 4.23. The van der Waals surface area contributed by atoms with Crippen LogP contribution in [0.15, 0.2) is 17.3 Å². The molecule has 1 aliphatic rings. The molecule has 5 heteroatoms. The summed E-state index contributed by atoms with van der Waals surface area (Å²) >= 11 is 0. The fraction of sp³-hybridized carbons (Fsp3) is 0.750. The van der Waals surface area contributed by atoms with E-state index in [1.54, 1.807) is 6.20 Å². The Morgan fingerprint density at radius 2 is 2.38 bits per heavy atom. The van der Waals surface area contributed by atoms with Crippen molar-refractivity contribution in [1.82, 2.24) is 20.4 Å². The molecule has 0 saturated carbocycles. The second-order valence-electron chi connectivity index (χ2n) is 6.34. The van der Waals surface area contributed by atoms with E-state index < -0.39 is 0 Å². The van der Waals surface area contributed by atoms with E-state index in [-0.39, 0.29) is 0 Å². The molecule has 0 aromatic carbocycles. The highest BCUT2D eigenvalue weighted by Crippen LogP contribution is 2.33. The second kappa shape index (κ2) is 7.48. The number of H-pyrrole nitrogens is 1. The van der Waals surface area contributed by atoms with Gasteiger partial charge < -0.3 is 10.2 Å². The van der Waals surface area contributed by atoms with Crippen LogP contribution in [-0.4, -0.2) is 40.7 Å². The minimum atomic E-state index is 0.428. The number of piperidine rings is 1. The van der Waals surface area contributed by atoms with Crippen LogP contribution in [0.1, 0.15) is 52.1 Å². The third-order valence-electron chi connectivity index (χ3n) is 4.23. The molecule has 118 valence electrons. The maximum atomic E-state index is 4.77. The molecule has 1 aromatic heterocycles. The first-order valence-corrected chi connectivity index (χ1v) is 8.18. The number of rotatable bonds is 5. The Hall–Kier alpha value is -1.52. The third kappa shape index (κ3) is 4.48. The molecular weight excluding hydrogens is 262 g/mol. The molecule has 0 aliphatic carbocycles. The van der Waals surface area contributed by atoms with Gasteiger partial charge in [-0.05, 0) is 37.7 Å². The Labute approximate surface area is 128 Å². The first-order valence-electron chi connectivity index (χ1n) is 8.18. The zero-order valence-electron chi connectivity index (χ0n) is 13.7. The topological polar surface area (TPSA) is 56.3 Å². The SMILES string of the molecule is CCCC1(C)CCCN(C(=NCc2ccn[nH]2)NCC)C1. The van der Waals surface area contributed by atoms with Crippen molar-refractivity contribution >= 4 is 5.96 Å². The normalized spacial score (nSPS) is 23.4. The fourth-order valence-electron chi connectivity index (χ4n) is 3.26. The molecule has 0 bridgehead atoms. The summed E-state index contributed by atoms with van der Waals surface area (Å²) in [6, 6.07) is 1.98. The van der Waals surface area contributed by atoms with Gasteiger partial charge in [-0.25, -0.2) is 4.99 Å². The van der Waals surface area contributed by atoms with Crippen molar-refractivity contribution < 1.29 is 0 Å². The van der Waals surface area contributed by atoms with Gasteiger partial charge in [-0.3, -0.25) is 5.10 Å². The molecule has 0 spiro atoms. The summed E-state index contributed by atoms with van der Waals surface area (Å²) in [5.41, 5.74) is 1.48. The predicted molar refractivity (Wildman–Crippen MR) is 87.2 cm³/mol. The van der Waals surface area contributed by atoms with Gasteiger partial charge in [0.15, 0.2) is 5.96 Å². The number of aliphatic imine (C=N–C) groups is 1. The van der Waals surface area contributed by atoms with E-state index in [1.807, 2.05) is 6.07 Å². The van der Waals surface area contributed by atoms with Gasteiger partial charge in [-0.1, -0.05) is 20.3 Å². The summed E-state index contributed by atoms with van der Waals surface area (Å²) in [4.78, 5) is 7.20. The molecule has 1 aliphatic heterocycles. The van der Waals surface area contributed by atoms with E-state index in [0.29, 0.717) is 12.0 Å². The molecule has 1 unspecified atom stereocenters. The van der Waals surface area contributed by atoms with E-state index >= 15 is 0 Å². The lowest BCUT2D eigenvalue weighted by Gasteiger charge is -2.42. The van der Waals surface area contributed by atoms with Crippen LogP contribution in [0, 0.1) is 5.41 Å². The zero-order chi connectivity index (χ0) is 15.1. The molecule has 5 nitrogen and oxygen atoms in total. The maximum Gasteiger partial charge on any atom is 0.194 e. The molecular formula is C16H29N5. The molecule has 1 aromatic rings. The Kier molecular flexibility index (Phi) is 5.65. The minimum Gasteiger partial charge on any atom is -0.357 e. The van der Waals surface area contributed by atoms with Crippen molar-refractivity contribution in [3.05, 3.63) is 18.0 Å². The van der Waals surface area contributed by atoms with Crippen molar-refractivity contribution in [3.8, 4) is 0 Å². The summed E-state index contributed by atoms with van der Waals surface area (Å²) in [5, 5.41) is 10.4. The van der Waals surface area contributed by atoms with Crippen LogP contribution in [0.4, 0.5) is 0 Å². The quantitative estimate of drug-likeness (QED) is 0.648. The first-order chi connectivity index (χ1) is 10.2. The van der Waals surface area contributed by atoms with Gasteiger partial charge >= 0.3 is 0 Å². The number of hydrogen-bond acceptors (Lipinski definition) is 2. The van der Waals surface area contributed by atoms with E-state index in [4.69, 9.17) is 4.99 Å². The van der Waals surface area contributed by atoms with Crippen LogP contribution in [0.2, 0.25) is 0 Å². The lowest BCUT2D eigenvalue weighted by atomic mass is 9.78. The van der Waals surface area contributed by atoms with Gasteiger partial charge in [0.25, 0.3) is 0 Å². The van der Waals surface area contributed by atoms with Crippen molar-refractivity contribution in [2.75, 3.05) is 19.6 Å². The van der Waals surface area contributed by atoms with Crippen molar-refractivity contribution in [2.24, 2.45) is 10.4 Å². The zero-order valence-corrected chi connectivity index (χ0v) is 13.7. The predicted octanol–water partition coefficient (Wildman–Crippen LogP) is 2.78. The smallest absolute Gasteiger partial charge is 0.194 e. The van der Waals surface area contributed by atoms with E-state index in [1.165, 1.54) is 25.7 Å². The second-order valence-corrected chi connectivity index (χ2v) is 6.34. The van der Waals surface area contributed by atoms with Crippen LogP contribution in [0.5, 0.6) is 0 Å². The lowest BCUT2D eigenvalue weighted by Crippen LogP contribution is -2.49. The number of nitrogens with zero attached hydrogens (tertiary/aromatic N) is 3. The standard InChI is InChI=1S/C16H29N5/c1-4-8-16(3)9-6-11-21(13-16)15(17-5-2)18-12-14-7-10-19-20-14/h7,10H,4-6,8-9,11-13H2,1-3H3,(H,17,18)(H,19,20). The van der Waals surface area contributed by atoms with E-state index in [9.17, 15) is 0 Å². The Bertz CT molecular complexity index is 436. The molecule has 2 N–H and O–H groups in total. The highest BCUT2D eigenvalue weighted by Gasteiger charge is 2.31. The molecule has 1 saturated heterocycles. The molecule has 2 rings (SSSR count). The van der Waals surface area contributed by atoms with Crippen LogP contribution < -0.4 is 5.32 Å². The van der Waals surface area contributed by atoms with E-state index in [2.05, 4.69) is 41.2 Å². The number of aromatic nitrogens is 2. The van der Waals surface area contributed by atoms with Crippen LogP contribution in [0.25, 0.3) is 0 Å². The van der Waals surface area contributed by atoms with Crippen molar-refractivity contribution in [1.29, 1.82) is 0 Å². The summed E-state index contributed by atoms with van der Waals surface area (Å²) in [6.45, 7) is 10.6. The van der Waals surface area contributed by atoms with Gasteiger partial charge in [0.2, 0.25) is 0 Å². The number of aromatic amines is 1. The van der Waals surface area contributed by atoms with Crippen LogP contribution in [-0.2, 0) is 6.54 Å². The molecule has 1 atom stereocenters. The average molecular weight is 291 g/mol. The van der Waals surface area contributed by atoms with Crippen LogP contribution >= 0.6 is 0 Å². The molecule has 0 radical (unpaired) electrons. The number of hydrogen-bond donors (Lipinski definition) is 2. The lowest BCUT2D eigenvalue weighted by molar-refractivity contribution is 0.142. The van der Waals surface area contributed by atoms with Crippen LogP contribution in [0.3, 0.4) is 0 Å². The Balaban J connectivity index is 2.04. The monoisotopic (exact) mass is 291 g/mol. The Morgan fingerprint density at radius 1 is 1.52 bits per heavy atom. The highest BCUT2D eigenvalue weighted by molar-refractivity contribution is 5.80. The minimum absolute atomic E-state index is 0.428. The summed E-state index contributed by atoms with van der Waals surface area (Å²) in [7, 11) is 0. The maximum absolute atomic E-state index is 4.77. The Morgan fingerprint density at radius 3 is 3.05 bits per heavy atom. The summed E-state index contributed by atoms with van der Waals surface area (Å²) in [5.74, 6) is 1.04. The molecule has 2 heterocycles. The fourth-order valence-corrected chi connectivity index (χ4v) is 3.26. The van der Waals surface area contributed by atoms with Gasteiger partial charge in [0.05, 0.1) is 12.2 Å². The van der Waals surface area contributed by atoms with Gasteiger partial charge in [0, 0.05) is 25.8 Å². The van der Waals surface area contributed by atoms with Gasteiger partial charge in [0.1, 0.15) is 0 Å². The van der Waals surface area contributed by atoms with Crippen molar-refractivity contribution in [2.45, 2.75) is 53.0 Å². The van der Waals surface area contributed by atoms with Gasteiger partial charge in [-0.15, -0.1) is 0 Å². The highest BCUT2D eigenvalue weighted by atomic mass is 15.3. The van der Waals surface area contributed by atoms with Crippen molar-refractivity contribution in [3.63, 3.8) is 0 Å². The molecule has 21 heavy (non-hydrogen) atoms. The number of nitrogens with one attached hydrogen (secondary N) is 2. The first kappa shape index (κ1) is 15.9. The van der Waals surface area contributed by atoms with Gasteiger partial charge in [-0.2, -0.15) is 5.10 Å². The summed E-state index contributed by atoms with van der Waals surface area (Å²) in [6.07, 6.45) is 6.91. The average Bonchev–Trinajstić information content (AvgIpc) is 2.96. The molecule has 0 amide bonds. The number of likely N-dealkylation sites (tertiary alicyclic amines) is 1. The summed E-state index contributed by atoms with van der Waals surface area (Å²) < 4.78 is 0. The molecule has 1 fully saturated rings. The number of guanidine groups is 1. The largest absolute Gasteiger partial charge is 0.357 e. The van der Waals surface area contributed by atoms with E-state index in [0.717, 1.165) is 31.3 Å².